The highest BCUT2D eigenvalue weighted by molar-refractivity contribution is 7.10. The molecule has 0 bridgehead atoms. The third kappa shape index (κ3) is 2.75. The molecule has 1 aliphatic heterocycles. The fourth-order valence-electron chi connectivity index (χ4n) is 1.62. The maximum atomic E-state index is 8.69. The minimum absolute atomic E-state index is 0.160. The Kier molecular flexibility index (Phi) is 3.06. The summed E-state index contributed by atoms with van der Waals surface area (Å²) in [5.41, 5.74) is 1.06. The van der Waals surface area contributed by atoms with Crippen LogP contribution in [0.2, 0.25) is 0 Å². The quantitative estimate of drug-likeness (QED) is 0.529. The summed E-state index contributed by atoms with van der Waals surface area (Å²) in [6.07, 6.45) is -2.17. The highest BCUT2D eigenvalue weighted by Crippen LogP contribution is 2.30. The summed E-state index contributed by atoms with van der Waals surface area (Å²) in [4.78, 5) is 1.26. The zero-order valence-electron chi connectivity index (χ0n) is 8.01. The summed E-state index contributed by atoms with van der Waals surface area (Å²) in [6, 6.07) is 1.96. The molecule has 2 heterocycles. The molecule has 5 nitrogen and oxygen atoms in total. The molecule has 1 atom stereocenters. The van der Waals surface area contributed by atoms with E-state index >= 15 is 0 Å². The van der Waals surface area contributed by atoms with Gasteiger partial charge < -0.3 is 20.1 Å². The monoisotopic (exact) mass is 231 g/mol. The van der Waals surface area contributed by atoms with E-state index in [0.29, 0.717) is 6.61 Å². The summed E-state index contributed by atoms with van der Waals surface area (Å²) < 4.78 is 5.47. The topological polar surface area (TPSA) is 82.0 Å². The largest absolute Gasteiger partial charge is 0.372 e. The molecule has 1 unspecified atom stereocenters. The third-order valence-electron chi connectivity index (χ3n) is 2.30. The van der Waals surface area contributed by atoms with Crippen LogP contribution >= 0.6 is 11.3 Å². The Morgan fingerprint density at radius 1 is 1.53 bits per heavy atom. The first-order chi connectivity index (χ1) is 7.06. The summed E-state index contributed by atoms with van der Waals surface area (Å²) >= 11 is 1.67. The van der Waals surface area contributed by atoms with Crippen molar-refractivity contribution in [2.45, 2.75) is 18.6 Å². The molecule has 6 heteroatoms. The summed E-state index contributed by atoms with van der Waals surface area (Å²) in [6.45, 7) is 0.780. The molecule has 1 aliphatic rings. The highest BCUT2D eigenvalue weighted by atomic mass is 32.1. The van der Waals surface area contributed by atoms with Crippen LogP contribution in [0, 0.1) is 0 Å². The molecule has 0 radical (unpaired) electrons. The van der Waals surface area contributed by atoms with Crippen molar-refractivity contribution in [3.8, 4) is 0 Å². The Hall–Kier alpha value is -0.500. The van der Waals surface area contributed by atoms with Gasteiger partial charge in [-0.05, 0) is 17.0 Å². The average Bonchev–Trinajstić information content (AvgIpc) is 2.61. The Balaban J connectivity index is 2.01. The van der Waals surface area contributed by atoms with E-state index in [1.807, 2.05) is 11.4 Å². The van der Waals surface area contributed by atoms with Gasteiger partial charge in [-0.2, -0.15) is 0 Å². The predicted octanol–water partition coefficient (Wildman–Crippen LogP) is -0.460. The number of ether oxygens (including phenoxy) is 1. The first-order valence-electron chi connectivity index (χ1n) is 4.66. The van der Waals surface area contributed by atoms with Gasteiger partial charge in [-0.3, -0.25) is 0 Å². The molecule has 2 rings (SSSR count). The first kappa shape index (κ1) is 11.0. The van der Waals surface area contributed by atoms with E-state index in [2.05, 4.69) is 5.32 Å². The fraction of sp³-hybridized carbons (Fsp3) is 0.556. The highest BCUT2D eigenvalue weighted by Gasteiger charge is 2.25. The molecule has 0 fully saturated rings. The van der Waals surface area contributed by atoms with Crippen LogP contribution in [0.15, 0.2) is 11.4 Å². The fourth-order valence-corrected chi connectivity index (χ4v) is 2.54. The minimum Gasteiger partial charge on any atom is -0.372 e. The lowest BCUT2D eigenvalue weighted by atomic mass is 10.1. The van der Waals surface area contributed by atoms with Crippen molar-refractivity contribution in [1.82, 2.24) is 5.32 Å². The molecule has 0 aliphatic carbocycles. The Labute approximate surface area is 90.9 Å². The van der Waals surface area contributed by atoms with Crippen molar-refractivity contribution in [2.24, 2.45) is 0 Å². The standard InChI is InChI=1S/C9H13NO4S/c11-9(12,13)10-5-7-6-2-4-15-8(6)1-3-14-7/h2,4,7,10-13H,1,3,5H2. The molecule has 1 aromatic heterocycles. The number of aliphatic hydroxyl groups is 3. The van der Waals surface area contributed by atoms with Crippen molar-refractivity contribution < 1.29 is 20.1 Å². The Bertz CT molecular complexity index is 333. The normalized spacial score (nSPS) is 21.4. The van der Waals surface area contributed by atoms with Gasteiger partial charge >= 0.3 is 6.10 Å². The van der Waals surface area contributed by atoms with Crippen LogP contribution in [0.1, 0.15) is 16.5 Å². The second-order valence-electron chi connectivity index (χ2n) is 3.42. The molecule has 0 aromatic carbocycles. The maximum absolute atomic E-state index is 8.69. The van der Waals surface area contributed by atoms with Crippen LogP contribution in [0.4, 0.5) is 0 Å². The first-order valence-corrected chi connectivity index (χ1v) is 5.54. The van der Waals surface area contributed by atoms with E-state index < -0.39 is 6.10 Å². The molecule has 84 valence electrons. The zero-order valence-corrected chi connectivity index (χ0v) is 8.83. The lowest BCUT2D eigenvalue weighted by molar-refractivity contribution is -0.333. The van der Waals surface area contributed by atoms with Crippen LogP contribution in [0.25, 0.3) is 0 Å². The van der Waals surface area contributed by atoms with E-state index in [1.54, 1.807) is 11.3 Å². The number of rotatable bonds is 3. The lowest BCUT2D eigenvalue weighted by Gasteiger charge is -2.25. The smallest absolute Gasteiger partial charge is 0.343 e. The number of nitrogens with one attached hydrogen (secondary N) is 1. The number of thiophene rings is 1. The molecule has 15 heavy (non-hydrogen) atoms. The number of fused-ring (bicyclic) bond motifs is 1. The molecule has 4 N–H and O–H groups in total. The summed E-state index contributed by atoms with van der Waals surface area (Å²) in [7, 11) is 0. The summed E-state index contributed by atoms with van der Waals surface area (Å²) in [5.74, 6) is 0. The van der Waals surface area contributed by atoms with Crippen molar-refractivity contribution in [1.29, 1.82) is 0 Å². The van der Waals surface area contributed by atoms with Crippen LogP contribution in [-0.4, -0.2) is 34.6 Å². The van der Waals surface area contributed by atoms with Crippen molar-refractivity contribution in [3.63, 3.8) is 0 Å². The lowest BCUT2D eigenvalue weighted by Crippen LogP contribution is -2.47. The zero-order chi connectivity index (χ0) is 10.9. The van der Waals surface area contributed by atoms with Crippen LogP contribution < -0.4 is 5.32 Å². The third-order valence-corrected chi connectivity index (χ3v) is 3.30. The Morgan fingerprint density at radius 2 is 2.33 bits per heavy atom. The molecular formula is C9H13NO4S. The van der Waals surface area contributed by atoms with Crippen molar-refractivity contribution in [3.05, 3.63) is 21.9 Å². The van der Waals surface area contributed by atoms with E-state index in [1.165, 1.54) is 4.88 Å². The Morgan fingerprint density at radius 3 is 3.07 bits per heavy atom. The molecule has 1 aromatic rings. The second kappa shape index (κ2) is 4.17. The van der Waals surface area contributed by atoms with Gasteiger partial charge in [0.15, 0.2) is 0 Å². The van der Waals surface area contributed by atoms with Gasteiger partial charge in [0, 0.05) is 17.8 Å². The van der Waals surface area contributed by atoms with E-state index in [9.17, 15) is 0 Å². The second-order valence-corrected chi connectivity index (χ2v) is 4.43. The molecule has 0 saturated carbocycles. The van der Waals surface area contributed by atoms with Crippen molar-refractivity contribution >= 4 is 11.3 Å². The van der Waals surface area contributed by atoms with Crippen LogP contribution in [0.5, 0.6) is 0 Å². The van der Waals surface area contributed by atoms with Gasteiger partial charge in [0.2, 0.25) is 0 Å². The van der Waals surface area contributed by atoms with Gasteiger partial charge in [-0.15, -0.1) is 11.3 Å². The minimum atomic E-state index is -2.84. The van der Waals surface area contributed by atoms with Gasteiger partial charge in [0.25, 0.3) is 0 Å². The summed E-state index contributed by atoms with van der Waals surface area (Å²) in [5, 5.41) is 30.2. The van der Waals surface area contributed by atoms with Gasteiger partial charge in [0.05, 0.1) is 12.7 Å². The van der Waals surface area contributed by atoms with Gasteiger partial charge in [-0.1, -0.05) is 0 Å². The molecule has 0 amide bonds. The van der Waals surface area contributed by atoms with E-state index in [0.717, 1.165) is 12.0 Å². The van der Waals surface area contributed by atoms with Gasteiger partial charge in [0.1, 0.15) is 0 Å². The van der Waals surface area contributed by atoms with E-state index in [4.69, 9.17) is 20.1 Å². The number of hydrogen-bond acceptors (Lipinski definition) is 6. The predicted molar refractivity (Wildman–Crippen MR) is 54.1 cm³/mol. The van der Waals surface area contributed by atoms with Crippen LogP contribution in [0.3, 0.4) is 0 Å². The van der Waals surface area contributed by atoms with Crippen molar-refractivity contribution in [2.75, 3.05) is 13.2 Å². The van der Waals surface area contributed by atoms with Crippen LogP contribution in [-0.2, 0) is 11.2 Å². The number of hydrogen-bond donors (Lipinski definition) is 4. The maximum Gasteiger partial charge on any atom is 0.343 e. The SMILES string of the molecule is OC(O)(O)NCC1OCCc2sccc21. The molecule has 0 spiro atoms. The molecular weight excluding hydrogens is 218 g/mol. The molecule has 0 saturated heterocycles. The average molecular weight is 231 g/mol. The van der Waals surface area contributed by atoms with E-state index in [-0.39, 0.29) is 12.6 Å². The van der Waals surface area contributed by atoms with Gasteiger partial charge in [-0.25, -0.2) is 5.32 Å².